The van der Waals surface area contributed by atoms with Gasteiger partial charge in [0.2, 0.25) is 5.91 Å². The first-order valence-electron chi connectivity index (χ1n) is 11.9. The van der Waals surface area contributed by atoms with Crippen molar-refractivity contribution in [1.82, 2.24) is 20.1 Å². The molecule has 1 aromatic heterocycles. The molecule has 3 heterocycles. The van der Waals surface area contributed by atoms with E-state index in [2.05, 4.69) is 24.1 Å². The first-order chi connectivity index (χ1) is 16.3. The van der Waals surface area contributed by atoms with Gasteiger partial charge in [-0.15, -0.1) is 0 Å². The number of piperidine rings is 1. The zero-order valence-electron chi connectivity index (χ0n) is 19.7. The Bertz CT molecular complexity index is 1040. The number of amides is 4. The summed E-state index contributed by atoms with van der Waals surface area (Å²) in [5.74, 6) is -0.281. The number of likely N-dealkylation sites (tertiary alicyclic amines) is 1. The zero-order valence-corrected chi connectivity index (χ0v) is 19.7. The SMILES string of the molecule is CC(C)CCC(=O)N1CCC(C2(c3cccnc3)NC(=O)N(Cc3ccc(F)cc3)C2=O)CC1. The van der Waals surface area contributed by atoms with Crippen LogP contribution in [0.3, 0.4) is 0 Å². The maximum Gasteiger partial charge on any atom is 0.325 e. The summed E-state index contributed by atoms with van der Waals surface area (Å²) in [5, 5.41) is 2.99. The summed E-state index contributed by atoms with van der Waals surface area (Å²) in [4.78, 5) is 46.8. The lowest BCUT2D eigenvalue weighted by Crippen LogP contribution is -2.54. The molecule has 2 aromatic rings. The first kappa shape index (κ1) is 23.9. The number of halogens is 1. The van der Waals surface area contributed by atoms with Crippen LogP contribution in [0.4, 0.5) is 9.18 Å². The predicted octanol–water partition coefficient (Wildman–Crippen LogP) is 3.84. The molecule has 2 saturated heterocycles. The Kier molecular flexibility index (Phi) is 6.95. The molecule has 2 fully saturated rings. The minimum absolute atomic E-state index is 0.0551. The van der Waals surface area contributed by atoms with Crippen LogP contribution in [0.2, 0.25) is 0 Å². The molecule has 0 aliphatic carbocycles. The van der Waals surface area contributed by atoms with Crippen LogP contribution < -0.4 is 5.32 Å². The molecule has 34 heavy (non-hydrogen) atoms. The molecule has 180 valence electrons. The van der Waals surface area contributed by atoms with Crippen molar-refractivity contribution >= 4 is 17.8 Å². The second-order valence-electron chi connectivity index (χ2n) is 9.59. The molecular weight excluding hydrogens is 435 g/mol. The molecule has 0 spiro atoms. The Morgan fingerprint density at radius 1 is 1.18 bits per heavy atom. The molecular formula is C26H31FN4O3. The van der Waals surface area contributed by atoms with Crippen LogP contribution in [0.15, 0.2) is 48.8 Å². The van der Waals surface area contributed by atoms with Crippen LogP contribution in [0.25, 0.3) is 0 Å². The third kappa shape index (κ3) is 4.67. The van der Waals surface area contributed by atoms with Gasteiger partial charge in [-0.05, 0) is 54.9 Å². The van der Waals surface area contributed by atoms with Gasteiger partial charge < -0.3 is 10.2 Å². The third-order valence-corrected chi connectivity index (χ3v) is 6.90. The molecule has 1 atom stereocenters. The largest absolute Gasteiger partial charge is 0.343 e. The lowest BCUT2D eigenvalue weighted by atomic mass is 9.73. The molecule has 4 amide bonds. The molecule has 0 saturated carbocycles. The highest BCUT2D eigenvalue weighted by Crippen LogP contribution is 2.41. The second-order valence-corrected chi connectivity index (χ2v) is 9.59. The highest BCUT2D eigenvalue weighted by Gasteiger charge is 2.57. The first-order valence-corrected chi connectivity index (χ1v) is 11.9. The van der Waals surface area contributed by atoms with Gasteiger partial charge in [0.25, 0.3) is 5.91 Å². The smallest absolute Gasteiger partial charge is 0.325 e. The van der Waals surface area contributed by atoms with Crippen LogP contribution in [-0.4, -0.2) is 45.7 Å². The van der Waals surface area contributed by atoms with Crippen molar-refractivity contribution in [2.45, 2.75) is 51.6 Å². The molecule has 1 N–H and O–H groups in total. The van der Waals surface area contributed by atoms with Crippen LogP contribution in [0, 0.1) is 17.7 Å². The van der Waals surface area contributed by atoms with Gasteiger partial charge >= 0.3 is 6.03 Å². The highest BCUT2D eigenvalue weighted by atomic mass is 19.1. The molecule has 1 aromatic carbocycles. The van der Waals surface area contributed by atoms with Crippen LogP contribution >= 0.6 is 0 Å². The van der Waals surface area contributed by atoms with Crippen LogP contribution in [0.5, 0.6) is 0 Å². The summed E-state index contributed by atoms with van der Waals surface area (Å²) in [6.45, 7) is 5.35. The summed E-state index contributed by atoms with van der Waals surface area (Å²) in [6.07, 6.45) is 5.82. The van der Waals surface area contributed by atoms with Gasteiger partial charge in [0.15, 0.2) is 5.54 Å². The number of hydrogen-bond donors (Lipinski definition) is 1. The molecule has 2 aliphatic heterocycles. The van der Waals surface area contributed by atoms with E-state index in [9.17, 15) is 18.8 Å². The summed E-state index contributed by atoms with van der Waals surface area (Å²) in [5.41, 5.74) is 0.0651. The summed E-state index contributed by atoms with van der Waals surface area (Å²) >= 11 is 0. The van der Waals surface area contributed by atoms with Crippen molar-refractivity contribution in [3.63, 3.8) is 0 Å². The molecule has 4 rings (SSSR count). The number of benzene rings is 1. The molecule has 0 radical (unpaired) electrons. The van der Waals surface area contributed by atoms with E-state index in [0.29, 0.717) is 49.4 Å². The molecule has 0 bridgehead atoms. The van der Waals surface area contributed by atoms with Crippen molar-refractivity contribution in [1.29, 1.82) is 0 Å². The summed E-state index contributed by atoms with van der Waals surface area (Å²) in [7, 11) is 0. The zero-order chi connectivity index (χ0) is 24.3. The van der Waals surface area contributed by atoms with E-state index >= 15 is 0 Å². The van der Waals surface area contributed by atoms with Crippen molar-refractivity contribution < 1.29 is 18.8 Å². The summed E-state index contributed by atoms with van der Waals surface area (Å²) in [6, 6.07) is 8.86. The maximum atomic E-state index is 13.9. The van der Waals surface area contributed by atoms with E-state index in [-0.39, 0.29) is 30.1 Å². The highest BCUT2D eigenvalue weighted by molar-refractivity contribution is 6.07. The minimum Gasteiger partial charge on any atom is -0.343 e. The topological polar surface area (TPSA) is 82.6 Å². The Balaban J connectivity index is 1.56. The van der Waals surface area contributed by atoms with Gasteiger partial charge in [-0.25, -0.2) is 9.18 Å². The average molecular weight is 467 g/mol. The Hall–Kier alpha value is -3.29. The summed E-state index contributed by atoms with van der Waals surface area (Å²) < 4.78 is 13.3. The lowest BCUT2D eigenvalue weighted by Gasteiger charge is -2.41. The number of nitrogens with one attached hydrogen (secondary N) is 1. The quantitative estimate of drug-likeness (QED) is 0.629. The monoisotopic (exact) mass is 466 g/mol. The number of hydrogen-bond acceptors (Lipinski definition) is 4. The minimum atomic E-state index is -1.24. The maximum absolute atomic E-state index is 13.9. The Labute approximate surface area is 199 Å². The molecule has 7 nitrogen and oxygen atoms in total. The van der Waals surface area contributed by atoms with Crippen LogP contribution in [-0.2, 0) is 21.7 Å². The van der Waals surface area contributed by atoms with Crippen molar-refractivity contribution in [2.75, 3.05) is 13.1 Å². The number of nitrogens with zero attached hydrogens (tertiary/aromatic N) is 3. The second kappa shape index (κ2) is 9.91. The molecule has 1 unspecified atom stereocenters. The number of rotatable bonds is 7. The van der Waals surface area contributed by atoms with Crippen molar-refractivity contribution in [3.05, 3.63) is 65.7 Å². The molecule has 2 aliphatic rings. The fourth-order valence-electron chi connectivity index (χ4n) is 4.95. The van der Waals surface area contributed by atoms with E-state index in [1.54, 1.807) is 30.6 Å². The average Bonchev–Trinajstić information content (AvgIpc) is 3.10. The number of carbonyl (C=O) groups is 3. The number of aromatic nitrogens is 1. The predicted molar refractivity (Wildman–Crippen MR) is 125 cm³/mol. The number of carbonyl (C=O) groups excluding carboxylic acids is 3. The Morgan fingerprint density at radius 3 is 2.50 bits per heavy atom. The lowest BCUT2D eigenvalue weighted by molar-refractivity contribution is -0.136. The fraction of sp³-hybridized carbons (Fsp3) is 0.462. The van der Waals surface area contributed by atoms with E-state index in [1.807, 2.05) is 11.0 Å². The third-order valence-electron chi connectivity index (χ3n) is 6.90. The van der Waals surface area contributed by atoms with Gasteiger partial charge in [0.1, 0.15) is 5.82 Å². The van der Waals surface area contributed by atoms with Gasteiger partial charge in [0.05, 0.1) is 6.54 Å². The molecule has 8 heteroatoms. The number of pyridine rings is 1. The fourth-order valence-corrected chi connectivity index (χ4v) is 4.95. The van der Waals surface area contributed by atoms with Gasteiger partial charge in [-0.3, -0.25) is 19.5 Å². The van der Waals surface area contributed by atoms with E-state index in [4.69, 9.17) is 0 Å². The van der Waals surface area contributed by atoms with Gasteiger partial charge in [0, 0.05) is 37.5 Å². The van der Waals surface area contributed by atoms with Gasteiger partial charge in [-0.1, -0.05) is 32.0 Å². The standard InChI is InChI=1S/C26H31FN4O3/c1-18(2)5-10-23(32)30-14-11-20(12-15-30)26(21-4-3-13-28-16-21)24(33)31(25(34)29-26)17-19-6-8-22(27)9-7-19/h3-4,6-9,13,16,18,20H,5,10-12,14-15,17H2,1-2H3,(H,29,34). The normalized spacial score (nSPS) is 21.3. The van der Waals surface area contributed by atoms with E-state index in [0.717, 1.165) is 6.42 Å². The van der Waals surface area contributed by atoms with Crippen molar-refractivity contribution in [3.8, 4) is 0 Å². The van der Waals surface area contributed by atoms with E-state index < -0.39 is 11.6 Å². The van der Waals surface area contributed by atoms with Crippen molar-refractivity contribution in [2.24, 2.45) is 11.8 Å². The van der Waals surface area contributed by atoms with Gasteiger partial charge in [-0.2, -0.15) is 0 Å². The van der Waals surface area contributed by atoms with E-state index in [1.165, 1.54) is 17.0 Å². The Morgan fingerprint density at radius 2 is 1.88 bits per heavy atom. The van der Waals surface area contributed by atoms with Crippen LogP contribution in [0.1, 0.15) is 50.7 Å². The number of imide groups is 1. The number of urea groups is 1.